The minimum Gasteiger partial charge on any atom is -0.350 e. The number of nitrogens with two attached hydrogens (primary N) is 1. The molecule has 1 aromatic rings. The maximum Gasteiger partial charge on any atom is 0.221 e. The summed E-state index contributed by atoms with van der Waals surface area (Å²) in [4.78, 5) is 11.2. The van der Waals surface area contributed by atoms with Crippen LogP contribution >= 0.6 is 0 Å². The predicted octanol–water partition coefficient (Wildman–Crippen LogP) is 1.35. The monoisotopic (exact) mass is 210 g/mol. The minimum atomic E-state index is -0.278. The summed E-state index contributed by atoms with van der Waals surface area (Å²) >= 11 is 0. The fourth-order valence-electron chi connectivity index (χ4n) is 1.28. The number of benzene rings is 1. The Morgan fingerprint density at radius 3 is 2.60 bits per heavy atom. The van der Waals surface area contributed by atoms with Gasteiger partial charge < -0.3 is 11.1 Å². The molecule has 1 atom stereocenters. The summed E-state index contributed by atoms with van der Waals surface area (Å²) in [5, 5.41) is 2.78. The van der Waals surface area contributed by atoms with Gasteiger partial charge in [0.2, 0.25) is 5.91 Å². The molecule has 3 nitrogen and oxygen atoms in total. The lowest BCUT2D eigenvalue weighted by molar-refractivity contribution is -0.121. The van der Waals surface area contributed by atoms with Gasteiger partial charge in [0.1, 0.15) is 5.82 Å². The standard InChI is InChI=1S/C11H15FN2O/c1-8(14-11(15)6-7-13)9-2-4-10(12)5-3-9/h2-5,8H,6-7,13H2,1H3,(H,14,15)/t8-/m0/s1. The van der Waals surface area contributed by atoms with Crippen molar-refractivity contribution >= 4 is 5.91 Å². The van der Waals surface area contributed by atoms with E-state index in [2.05, 4.69) is 5.32 Å². The molecule has 82 valence electrons. The first kappa shape index (κ1) is 11.7. The van der Waals surface area contributed by atoms with Crippen LogP contribution < -0.4 is 11.1 Å². The molecular formula is C11H15FN2O. The lowest BCUT2D eigenvalue weighted by Crippen LogP contribution is -2.28. The third-order valence-electron chi connectivity index (χ3n) is 2.12. The lowest BCUT2D eigenvalue weighted by atomic mass is 10.1. The molecule has 0 heterocycles. The number of halogens is 1. The number of hydrogen-bond acceptors (Lipinski definition) is 2. The number of carbonyl (C=O) groups excluding carboxylic acids is 1. The van der Waals surface area contributed by atoms with E-state index in [1.807, 2.05) is 6.92 Å². The topological polar surface area (TPSA) is 55.1 Å². The van der Waals surface area contributed by atoms with Gasteiger partial charge in [0.25, 0.3) is 0 Å². The Labute approximate surface area is 88.5 Å². The van der Waals surface area contributed by atoms with Gasteiger partial charge in [0.15, 0.2) is 0 Å². The van der Waals surface area contributed by atoms with Gasteiger partial charge in [-0.2, -0.15) is 0 Å². The van der Waals surface area contributed by atoms with Crippen LogP contribution in [-0.2, 0) is 4.79 Å². The number of nitrogens with one attached hydrogen (secondary N) is 1. The first-order valence-corrected chi connectivity index (χ1v) is 4.88. The van der Waals surface area contributed by atoms with Crippen LogP contribution in [0.25, 0.3) is 0 Å². The molecule has 3 N–H and O–H groups in total. The van der Waals surface area contributed by atoms with E-state index >= 15 is 0 Å². The largest absolute Gasteiger partial charge is 0.350 e. The molecule has 15 heavy (non-hydrogen) atoms. The van der Waals surface area contributed by atoms with Crippen molar-refractivity contribution in [3.8, 4) is 0 Å². The van der Waals surface area contributed by atoms with Crippen molar-refractivity contribution < 1.29 is 9.18 Å². The van der Waals surface area contributed by atoms with Crippen molar-refractivity contribution in [2.24, 2.45) is 5.73 Å². The molecule has 1 aromatic carbocycles. The average molecular weight is 210 g/mol. The van der Waals surface area contributed by atoms with Crippen molar-refractivity contribution in [2.45, 2.75) is 19.4 Å². The number of hydrogen-bond donors (Lipinski definition) is 2. The molecule has 0 saturated heterocycles. The highest BCUT2D eigenvalue weighted by Crippen LogP contribution is 2.12. The summed E-state index contributed by atoms with van der Waals surface area (Å²) < 4.78 is 12.6. The van der Waals surface area contributed by atoms with Crippen LogP contribution in [0.1, 0.15) is 24.9 Å². The van der Waals surface area contributed by atoms with Gasteiger partial charge in [0, 0.05) is 13.0 Å². The van der Waals surface area contributed by atoms with E-state index in [4.69, 9.17) is 5.73 Å². The van der Waals surface area contributed by atoms with Crippen LogP contribution in [0.3, 0.4) is 0 Å². The van der Waals surface area contributed by atoms with Gasteiger partial charge in [-0.25, -0.2) is 4.39 Å². The Hall–Kier alpha value is -1.42. The van der Waals surface area contributed by atoms with E-state index in [0.717, 1.165) is 5.56 Å². The second-order valence-electron chi connectivity index (χ2n) is 3.38. The normalized spacial score (nSPS) is 12.2. The Kier molecular flexibility index (Phi) is 4.24. The van der Waals surface area contributed by atoms with E-state index in [-0.39, 0.29) is 17.8 Å². The molecule has 0 aliphatic rings. The summed E-state index contributed by atoms with van der Waals surface area (Å²) in [6.45, 7) is 2.18. The third-order valence-corrected chi connectivity index (χ3v) is 2.12. The average Bonchev–Trinajstić information content (AvgIpc) is 2.18. The van der Waals surface area contributed by atoms with E-state index in [0.29, 0.717) is 13.0 Å². The van der Waals surface area contributed by atoms with Crippen LogP contribution in [0.5, 0.6) is 0 Å². The fraction of sp³-hybridized carbons (Fsp3) is 0.364. The van der Waals surface area contributed by atoms with Crippen LogP contribution in [0.15, 0.2) is 24.3 Å². The van der Waals surface area contributed by atoms with Gasteiger partial charge >= 0.3 is 0 Å². The molecule has 1 rings (SSSR count). The summed E-state index contributed by atoms with van der Waals surface area (Å²) in [6.07, 6.45) is 0.311. The smallest absolute Gasteiger partial charge is 0.221 e. The zero-order valence-corrected chi connectivity index (χ0v) is 8.66. The van der Waals surface area contributed by atoms with Crippen molar-refractivity contribution in [3.63, 3.8) is 0 Å². The molecule has 4 heteroatoms. The van der Waals surface area contributed by atoms with Gasteiger partial charge in [-0.3, -0.25) is 4.79 Å². The molecule has 0 saturated carbocycles. The van der Waals surface area contributed by atoms with E-state index < -0.39 is 0 Å². The number of rotatable bonds is 4. The Morgan fingerprint density at radius 2 is 2.07 bits per heavy atom. The van der Waals surface area contributed by atoms with Crippen LogP contribution in [0.4, 0.5) is 4.39 Å². The van der Waals surface area contributed by atoms with Crippen LogP contribution in [0.2, 0.25) is 0 Å². The second-order valence-corrected chi connectivity index (χ2v) is 3.38. The molecule has 0 aromatic heterocycles. The van der Waals surface area contributed by atoms with E-state index in [1.54, 1.807) is 12.1 Å². The quantitative estimate of drug-likeness (QED) is 0.788. The molecule has 0 unspecified atom stereocenters. The molecule has 1 amide bonds. The number of carbonyl (C=O) groups is 1. The molecule has 0 aliphatic heterocycles. The maximum absolute atomic E-state index is 12.6. The fourth-order valence-corrected chi connectivity index (χ4v) is 1.28. The number of amides is 1. The third kappa shape index (κ3) is 3.67. The molecule has 0 aliphatic carbocycles. The zero-order chi connectivity index (χ0) is 11.3. The summed E-state index contributed by atoms with van der Waals surface area (Å²) in [5.74, 6) is -0.367. The van der Waals surface area contributed by atoms with Crippen molar-refractivity contribution in [1.29, 1.82) is 0 Å². The molecule has 0 radical (unpaired) electrons. The highest BCUT2D eigenvalue weighted by molar-refractivity contribution is 5.76. The molecule has 0 spiro atoms. The van der Waals surface area contributed by atoms with Gasteiger partial charge in [0.05, 0.1) is 6.04 Å². The summed E-state index contributed by atoms with van der Waals surface area (Å²) in [6, 6.07) is 5.94. The van der Waals surface area contributed by atoms with Crippen molar-refractivity contribution in [1.82, 2.24) is 5.32 Å². The molecule has 0 bridgehead atoms. The van der Waals surface area contributed by atoms with Crippen molar-refractivity contribution in [2.75, 3.05) is 6.54 Å². The highest BCUT2D eigenvalue weighted by Gasteiger charge is 2.08. The van der Waals surface area contributed by atoms with Crippen LogP contribution in [-0.4, -0.2) is 12.5 Å². The Bertz CT molecular complexity index is 324. The Balaban J connectivity index is 2.57. The first-order valence-electron chi connectivity index (χ1n) is 4.88. The van der Waals surface area contributed by atoms with E-state index in [9.17, 15) is 9.18 Å². The van der Waals surface area contributed by atoms with Gasteiger partial charge in [-0.15, -0.1) is 0 Å². The van der Waals surface area contributed by atoms with Crippen molar-refractivity contribution in [3.05, 3.63) is 35.6 Å². The highest BCUT2D eigenvalue weighted by atomic mass is 19.1. The van der Waals surface area contributed by atoms with E-state index in [1.165, 1.54) is 12.1 Å². The first-order chi connectivity index (χ1) is 7.13. The zero-order valence-electron chi connectivity index (χ0n) is 8.66. The maximum atomic E-state index is 12.6. The Morgan fingerprint density at radius 1 is 1.47 bits per heavy atom. The predicted molar refractivity (Wildman–Crippen MR) is 56.6 cm³/mol. The summed E-state index contributed by atoms with van der Waals surface area (Å²) in [7, 11) is 0. The second kappa shape index (κ2) is 5.46. The lowest BCUT2D eigenvalue weighted by Gasteiger charge is -2.13. The van der Waals surface area contributed by atoms with Gasteiger partial charge in [-0.05, 0) is 24.6 Å². The summed E-state index contributed by atoms with van der Waals surface area (Å²) in [5.41, 5.74) is 6.13. The SMILES string of the molecule is C[C@H](NC(=O)CCN)c1ccc(F)cc1. The van der Waals surface area contributed by atoms with Gasteiger partial charge in [-0.1, -0.05) is 12.1 Å². The molecular weight excluding hydrogens is 195 g/mol. The van der Waals surface area contributed by atoms with Crippen LogP contribution in [0, 0.1) is 5.82 Å². The minimum absolute atomic E-state index is 0.0886. The molecule has 0 fully saturated rings.